The molecule has 1 aromatic heterocycles. The number of amides is 1. The van der Waals surface area contributed by atoms with Crippen LogP contribution in [0.3, 0.4) is 0 Å². The zero-order valence-electron chi connectivity index (χ0n) is 11.8. The number of hydrogen-bond donors (Lipinski definition) is 2. The highest BCUT2D eigenvalue weighted by Gasteiger charge is 2.21. The number of halogens is 1. The van der Waals surface area contributed by atoms with Gasteiger partial charge in [-0.1, -0.05) is 19.1 Å². The van der Waals surface area contributed by atoms with Crippen molar-refractivity contribution in [3.63, 3.8) is 0 Å². The summed E-state index contributed by atoms with van der Waals surface area (Å²) in [6, 6.07) is 6.22. The lowest BCUT2D eigenvalue weighted by Crippen LogP contribution is -2.34. The van der Waals surface area contributed by atoms with E-state index in [4.69, 9.17) is 5.11 Å². The van der Waals surface area contributed by atoms with Crippen LogP contribution in [-0.2, 0) is 0 Å². The second-order valence-corrected chi connectivity index (χ2v) is 4.65. The Morgan fingerprint density at radius 3 is 2.81 bits per heavy atom. The van der Waals surface area contributed by atoms with Gasteiger partial charge in [-0.25, -0.2) is 4.39 Å². The lowest BCUT2D eigenvalue weighted by Gasteiger charge is -2.21. The summed E-state index contributed by atoms with van der Waals surface area (Å²) < 4.78 is 13.9. The molecule has 0 aliphatic heterocycles. The van der Waals surface area contributed by atoms with Gasteiger partial charge >= 0.3 is 0 Å². The Bertz CT molecular complexity index is 606. The lowest BCUT2D eigenvalue weighted by molar-refractivity contribution is 0.0723. The van der Waals surface area contributed by atoms with E-state index in [0.717, 1.165) is 6.42 Å². The molecule has 2 aromatic rings. The van der Waals surface area contributed by atoms with Crippen LogP contribution in [0.5, 0.6) is 0 Å². The Balaban J connectivity index is 2.36. The Labute approximate surface area is 122 Å². The molecule has 0 fully saturated rings. The highest BCUT2D eigenvalue weighted by Crippen LogP contribution is 2.24. The van der Waals surface area contributed by atoms with Gasteiger partial charge in [0, 0.05) is 18.7 Å². The summed E-state index contributed by atoms with van der Waals surface area (Å²) in [5.74, 6) is -0.682. The Morgan fingerprint density at radius 2 is 2.14 bits per heavy atom. The molecule has 2 rings (SSSR count). The zero-order chi connectivity index (χ0) is 15.2. The molecule has 0 bridgehead atoms. The molecule has 5 nitrogen and oxygen atoms in total. The van der Waals surface area contributed by atoms with Crippen LogP contribution >= 0.6 is 0 Å². The van der Waals surface area contributed by atoms with Crippen LogP contribution in [0.2, 0.25) is 0 Å². The van der Waals surface area contributed by atoms with Crippen LogP contribution in [0, 0.1) is 5.82 Å². The fraction of sp³-hybridized carbons (Fsp3) is 0.333. The maximum atomic E-state index is 13.9. The van der Waals surface area contributed by atoms with Gasteiger partial charge in [-0.3, -0.25) is 9.89 Å². The number of carbonyl (C=O) groups is 1. The standard InChI is InChI=1S/C15H18FN3O2/c1-2-7-19(8-9-20)15(21)12-10-17-18-14(12)11-5-3-4-6-13(11)16/h3-6,10,20H,2,7-9H2,1H3,(H,17,18). The van der Waals surface area contributed by atoms with Crippen molar-refractivity contribution < 1.29 is 14.3 Å². The van der Waals surface area contributed by atoms with Crippen LogP contribution in [0.1, 0.15) is 23.7 Å². The summed E-state index contributed by atoms with van der Waals surface area (Å²) in [5.41, 5.74) is 0.970. The zero-order valence-corrected chi connectivity index (χ0v) is 11.8. The molecule has 0 aliphatic carbocycles. The van der Waals surface area contributed by atoms with Crippen molar-refractivity contribution in [3.05, 3.63) is 41.8 Å². The quantitative estimate of drug-likeness (QED) is 0.856. The number of aliphatic hydroxyl groups excluding tert-OH is 1. The molecule has 1 aromatic carbocycles. The first-order valence-corrected chi connectivity index (χ1v) is 6.87. The number of aromatic nitrogens is 2. The SMILES string of the molecule is CCCN(CCO)C(=O)c1cn[nH]c1-c1ccccc1F. The highest BCUT2D eigenvalue weighted by molar-refractivity contribution is 5.99. The van der Waals surface area contributed by atoms with Crippen molar-refractivity contribution in [1.82, 2.24) is 15.1 Å². The third-order valence-electron chi connectivity index (χ3n) is 3.16. The minimum absolute atomic E-state index is 0.112. The molecule has 1 amide bonds. The van der Waals surface area contributed by atoms with E-state index in [2.05, 4.69) is 10.2 Å². The summed E-state index contributed by atoms with van der Waals surface area (Å²) in [6.45, 7) is 2.61. The monoisotopic (exact) mass is 291 g/mol. The molecular weight excluding hydrogens is 273 g/mol. The third kappa shape index (κ3) is 3.28. The van der Waals surface area contributed by atoms with E-state index in [1.54, 1.807) is 18.2 Å². The van der Waals surface area contributed by atoms with Gasteiger partial charge in [-0.15, -0.1) is 0 Å². The van der Waals surface area contributed by atoms with Gasteiger partial charge in [0.15, 0.2) is 0 Å². The first kappa shape index (κ1) is 15.2. The largest absolute Gasteiger partial charge is 0.395 e. The van der Waals surface area contributed by atoms with Crippen molar-refractivity contribution >= 4 is 5.91 Å². The first-order valence-electron chi connectivity index (χ1n) is 6.87. The summed E-state index contributed by atoms with van der Waals surface area (Å²) in [5, 5.41) is 15.6. The second kappa shape index (κ2) is 6.99. The van der Waals surface area contributed by atoms with Crippen molar-refractivity contribution in [3.8, 4) is 11.3 Å². The molecule has 6 heteroatoms. The summed E-state index contributed by atoms with van der Waals surface area (Å²) in [6.07, 6.45) is 2.17. The number of aliphatic hydroxyl groups is 1. The molecule has 21 heavy (non-hydrogen) atoms. The van der Waals surface area contributed by atoms with E-state index in [1.807, 2.05) is 6.92 Å². The first-order chi connectivity index (χ1) is 10.2. The molecule has 1 heterocycles. The summed E-state index contributed by atoms with van der Waals surface area (Å²) in [4.78, 5) is 14.1. The van der Waals surface area contributed by atoms with Crippen molar-refractivity contribution in [2.45, 2.75) is 13.3 Å². The number of aromatic amines is 1. The molecule has 0 saturated heterocycles. The van der Waals surface area contributed by atoms with E-state index in [-0.39, 0.29) is 19.1 Å². The van der Waals surface area contributed by atoms with Gasteiger partial charge in [0.2, 0.25) is 0 Å². The summed E-state index contributed by atoms with van der Waals surface area (Å²) in [7, 11) is 0. The van der Waals surface area contributed by atoms with Gasteiger partial charge < -0.3 is 10.0 Å². The smallest absolute Gasteiger partial charge is 0.257 e. The average Bonchev–Trinajstić information content (AvgIpc) is 2.96. The predicted molar refractivity (Wildman–Crippen MR) is 77.3 cm³/mol. The van der Waals surface area contributed by atoms with E-state index in [0.29, 0.717) is 23.4 Å². The third-order valence-corrected chi connectivity index (χ3v) is 3.16. The number of nitrogens with zero attached hydrogens (tertiary/aromatic N) is 2. The number of H-pyrrole nitrogens is 1. The van der Waals surface area contributed by atoms with E-state index < -0.39 is 5.82 Å². The van der Waals surface area contributed by atoms with Crippen molar-refractivity contribution in [2.24, 2.45) is 0 Å². The normalized spacial score (nSPS) is 10.6. The lowest BCUT2D eigenvalue weighted by atomic mass is 10.1. The van der Waals surface area contributed by atoms with Gasteiger partial charge in [-0.2, -0.15) is 5.10 Å². The molecular formula is C15H18FN3O2. The van der Waals surface area contributed by atoms with Crippen LogP contribution in [-0.4, -0.2) is 45.8 Å². The van der Waals surface area contributed by atoms with Gasteiger partial charge in [0.1, 0.15) is 5.82 Å². The molecule has 0 unspecified atom stereocenters. The van der Waals surface area contributed by atoms with Crippen LogP contribution < -0.4 is 0 Å². The number of rotatable bonds is 6. The van der Waals surface area contributed by atoms with Crippen LogP contribution in [0.15, 0.2) is 30.5 Å². The van der Waals surface area contributed by atoms with Crippen molar-refractivity contribution in [1.29, 1.82) is 0 Å². The molecule has 0 aliphatic rings. The van der Waals surface area contributed by atoms with Gasteiger partial charge in [0.25, 0.3) is 5.91 Å². The topological polar surface area (TPSA) is 69.2 Å². The fourth-order valence-corrected chi connectivity index (χ4v) is 2.19. The highest BCUT2D eigenvalue weighted by atomic mass is 19.1. The van der Waals surface area contributed by atoms with Gasteiger partial charge in [0.05, 0.1) is 24.1 Å². The predicted octanol–water partition coefficient (Wildman–Crippen LogP) is 2.06. The molecule has 112 valence electrons. The van der Waals surface area contributed by atoms with Gasteiger partial charge in [-0.05, 0) is 18.6 Å². The fourth-order valence-electron chi connectivity index (χ4n) is 2.19. The molecule has 0 spiro atoms. The molecule has 0 saturated carbocycles. The van der Waals surface area contributed by atoms with Crippen molar-refractivity contribution in [2.75, 3.05) is 19.7 Å². The molecule has 0 atom stereocenters. The number of nitrogens with one attached hydrogen (secondary N) is 1. The minimum atomic E-state index is -0.417. The van der Waals surface area contributed by atoms with Crippen LogP contribution in [0.25, 0.3) is 11.3 Å². The number of hydrogen-bond acceptors (Lipinski definition) is 3. The van der Waals surface area contributed by atoms with Crippen LogP contribution in [0.4, 0.5) is 4.39 Å². The number of carbonyl (C=O) groups excluding carboxylic acids is 1. The van der Waals surface area contributed by atoms with E-state index in [1.165, 1.54) is 17.2 Å². The maximum absolute atomic E-state index is 13.9. The Hall–Kier alpha value is -2.21. The van der Waals surface area contributed by atoms with E-state index in [9.17, 15) is 9.18 Å². The average molecular weight is 291 g/mol. The molecule has 2 N–H and O–H groups in total. The Kier molecular flexibility index (Phi) is 5.05. The number of benzene rings is 1. The minimum Gasteiger partial charge on any atom is -0.395 e. The second-order valence-electron chi connectivity index (χ2n) is 4.65. The maximum Gasteiger partial charge on any atom is 0.257 e. The summed E-state index contributed by atoms with van der Waals surface area (Å²) >= 11 is 0. The van der Waals surface area contributed by atoms with E-state index >= 15 is 0 Å². The Morgan fingerprint density at radius 1 is 1.38 bits per heavy atom. The molecule has 0 radical (unpaired) electrons.